The first-order valence-electron chi connectivity index (χ1n) is 5.31. The van der Waals surface area contributed by atoms with Gasteiger partial charge in [-0.3, -0.25) is 16.0 Å². The van der Waals surface area contributed by atoms with Gasteiger partial charge in [0, 0.05) is 26.5 Å². The average molecular weight is 212 g/mol. The van der Waals surface area contributed by atoms with E-state index >= 15 is 0 Å². The van der Waals surface area contributed by atoms with Crippen molar-refractivity contribution >= 4 is 0 Å². The molecule has 86 valence electrons. The molecule has 0 fully saturated rings. The SMILES string of the molecule is CCOCCCC(NN)c1ccnn1C. The molecule has 0 aliphatic rings. The Hall–Kier alpha value is -0.910. The molecule has 1 heterocycles. The van der Waals surface area contributed by atoms with E-state index in [1.54, 1.807) is 6.20 Å². The Labute approximate surface area is 90.6 Å². The van der Waals surface area contributed by atoms with Crippen LogP contribution in [0.1, 0.15) is 31.5 Å². The summed E-state index contributed by atoms with van der Waals surface area (Å²) in [5, 5.41) is 4.12. The van der Waals surface area contributed by atoms with E-state index in [1.165, 1.54) is 0 Å². The second kappa shape index (κ2) is 6.55. The van der Waals surface area contributed by atoms with Crippen LogP contribution in [0.5, 0.6) is 0 Å². The summed E-state index contributed by atoms with van der Waals surface area (Å²) in [7, 11) is 1.92. The van der Waals surface area contributed by atoms with Crippen molar-refractivity contribution in [3.8, 4) is 0 Å². The van der Waals surface area contributed by atoms with Gasteiger partial charge in [0.05, 0.1) is 11.7 Å². The first-order valence-corrected chi connectivity index (χ1v) is 5.31. The molecule has 15 heavy (non-hydrogen) atoms. The number of ether oxygens (including phenoxy) is 1. The van der Waals surface area contributed by atoms with Crippen LogP contribution in [0.25, 0.3) is 0 Å². The third-order valence-electron chi connectivity index (χ3n) is 2.40. The van der Waals surface area contributed by atoms with Gasteiger partial charge in [-0.1, -0.05) is 0 Å². The minimum Gasteiger partial charge on any atom is -0.382 e. The van der Waals surface area contributed by atoms with Crippen molar-refractivity contribution < 1.29 is 4.74 Å². The Morgan fingerprint density at radius 3 is 3.00 bits per heavy atom. The number of aryl methyl sites for hydroxylation is 1. The molecule has 3 N–H and O–H groups in total. The summed E-state index contributed by atoms with van der Waals surface area (Å²) in [6, 6.07) is 2.13. The van der Waals surface area contributed by atoms with Crippen LogP contribution in [0, 0.1) is 0 Å². The number of hydrogen-bond acceptors (Lipinski definition) is 4. The summed E-state index contributed by atoms with van der Waals surface area (Å²) >= 11 is 0. The van der Waals surface area contributed by atoms with Crippen molar-refractivity contribution in [2.75, 3.05) is 13.2 Å². The molecule has 1 atom stereocenters. The molecule has 0 aromatic carbocycles. The van der Waals surface area contributed by atoms with Gasteiger partial charge in [-0.2, -0.15) is 5.10 Å². The predicted octanol–water partition coefficient (Wildman–Crippen LogP) is 0.741. The van der Waals surface area contributed by atoms with Crippen LogP contribution in [0.2, 0.25) is 0 Å². The highest BCUT2D eigenvalue weighted by molar-refractivity contribution is 5.05. The van der Waals surface area contributed by atoms with Crippen molar-refractivity contribution in [1.82, 2.24) is 15.2 Å². The lowest BCUT2D eigenvalue weighted by Gasteiger charge is -2.15. The normalized spacial score (nSPS) is 13.0. The molecule has 1 aromatic heterocycles. The molecule has 1 rings (SSSR count). The molecule has 0 amide bonds. The molecule has 0 radical (unpaired) electrons. The van der Waals surface area contributed by atoms with Gasteiger partial charge in [-0.05, 0) is 25.8 Å². The van der Waals surface area contributed by atoms with Crippen molar-refractivity contribution in [3.05, 3.63) is 18.0 Å². The summed E-state index contributed by atoms with van der Waals surface area (Å²) in [4.78, 5) is 0. The number of nitrogens with two attached hydrogens (primary N) is 1. The van der Waals surface area contributed by atoms with Crippen molar-refractivity contribution in [2.24, 2.45) is 12.9 Å². The molecule has 5 heteroatoms. The van der Waals surface area contributed by atoms with Gasteiger partial charge in [0.25, 0.3) is 0 Å². The maximum atomic E-state index is 5.52. The standard InChI is InChI=1S/C10H20N4O/c1-3-15-8-4-5-9(13-11)10-6-7-12-14(10)2/h6-7,9,13H,3-5,8,11H2,1-2H3. The molecule has 0 aliphatic carbocycles. The quantitative estimate of drug-likeness (QED) is 0.397. The van der Waals surface area contributed by atoms with E-state index in [2.05, 4.69) is 10.5 Å². The summed E-state index contributed by atoms with van der Waals surface area (Å²) in [6.45, 7) is 3.55. The van der Waals surface area contributed by atoms with E-state index in [-0.39, 0.29) is 6.04 Å². The lowest BCUT2D eigenvalue weighted by atomic mass is 10.1. The second-order valence-corrected chi connectivity index (χ2v) is 3.44. The van der Waals surface area contributed by atoms with E-state index in [9.17, 15) is 0 Å². The van der Waals surface area contributed by atoms with Crippen LogP contribution < -0.4 is 11.3 Å². The Kier molecular flexibility index (Phi) is 5.31. The lowest BCUT2D eigenvalue weighted by molar-refractivity contribution is 0.140. The van der Waals surface area contributed by atoms with Crippen LogP contribution in [0.3, 0.4) is 0 Å². The van der Waals surface area contributed by atoms with Crippen molar-refractivity contribution in [3.63, 3.8) is 0 Å². The zero-order valence-corrected chi connectivity index (χ0v) is 9.44. The van der Waals surface area contributed by atoms with E-state index in [4.69, 9.17) is 10.6 Å². The highest BCUT2D eigenvalue weighted by Gasteiger charge is 2.12. The molecule has 0 bridgehead atoms. The number of nitrogens with zero attached hydrogens (tertiary/aromatic N) is 2. The fourth-order valence-corrected chi connectivity index (χ4v) is 1.58. The minimum atomic E-state index is 0.151. The number of nitrogens with one attached hydrogen (secondary N) is 1. The Balaban J connectivity index is 2.39. The molecule has 0 saturated carbocycles. The Morgan fingerprint density at radius 2 is 2.47 bits per heavy atom. The third-order valence-corrected chi connectivity index (χ3v) is 2.40. The molecular weight excluding hydrogens is 192 g/mol. The zero-order chi connectivity index (χ0) is 11.1. The number of rotatable bonds is 7. The van der Waals surface area contributed by atoms with Gasteiger partial charge in [0.15, 0.2) is 0 Å². The molecule has 0 aliphatic heterocycles. The van der Waals surface area contributed by atoms with E-state index < -0.39 is 0 Å². The van der Waals surface area contributed by atoms with E-state index in [0.29, 0.717) is 0 Å². The average Bonchev–Trinajstić information content (AvgIpc) is 2.65. The Bertz CT molecular complexity index is 274. The van der Waals surface area contributed by atoms with Crippen LogP contribution in [-0.4, -0.2) is 23.0 Å². The minimum absolute atomic E-state index is 0.151. The second-order valence-electron chi connectivity index (χ2n) is 3.44. The smallest absolute Gasteiger partial charge is 0.0629 e. The first-order chi connectivity index (χ1) is 7.29. The molecule has 1 unspecified atom stereocenters. The zero-order valence-electron chi connectivity index (χ0n) is 9.44. The van der Waals surface area contributed by atoms with Crippen molar-refractivity contribution in [1.29, 1.82) is 0 Å². The van der Waals surface area contributed by atoms with Crippen LogP contribution in [-0.2, 0) is 11.8 Å². The van der Waals surface area contributed by atoms with Gasteiger partial charge in [-0.25, -0.2) is 0 Å². The molecule has 5 nitrogen and oxygen atoms in total. The molecular formula is C10H20N4O. The number of hydrazine groups is 1. The lowest BCUT2D eigenvalue weighted by Crippen LogP contribution is -2.29. The van der Waals surface area contributed by atoms with Crippen LogP contribution in [0.4, 0.5) is 0 Å². The van der Waals surface area contributed by atoms with Gasteiger partial charge in [0.1, 0.15) is 0 Å². The number of hydrogen-bond donors (Lipinski definition) is 2. The molecule has 1 aromatic rings. The van der Waals surface area contributed by atoms with Crippen molar-refractivity contribution in [2.45, 2.75) is 25.8 Å². The van der Waals surface area contributed by atoms with Crippen LogP contribution in [0.15, 0.2) is 12.3 Å². The highest BCUT2D eigenvalue weighted by atomic mass is 16.5. The fraction of sp³-hybridized carbons (Fsp3) is 0.700. The summed E-state index contributed by atoms with van der Waals surface area (Å²) in [6.07, 6.45) is 3.73. The topological polar surface area (TPSA) is 65.1 Å². The van der Waals surface area contributed by atoms with E-state index in [1.807, 2.05) is 24.7 Å². The maximum Gasteiger partial charge on any atom is 0.0629 e. The van der Waals surface area contributed by atoms with Gasteiger partial charge < -0.3 is 4.74 Å². The molecule has 0 saturated heterocycles. The fourth-order valence-electron chi connectivity index (χ4n) is 1.58. The summed E-state index contributed by atoms with van der Waals surface area (Å²) in [5.74, 6) is 5.52. The largest absolute Gasteiger partial charge is 0.382 e. The van der Waals surface area contributed by atoms with E-state index in [0.717, 1.165) is 31.7 Å². The first kappa shape index (κ1) is 12.2. The van der Waals surface area contributed by atoms with Gasteiger partial charge >= 0.3 is 0 Å². The van der Waals surface area contributed by atoms with Crippen LogP contribution >= 0.6 is 0 Å². The third kappa shape index (κ3) is 3.62. The predicted molar refractivity (Wildman–Crippen MR) is 59.0 cm³/mol. The summed E-state index contributed by atoms with van der Waals surface area (Å²) in [5.41, 5.74) is 3.91. The highest BCUT2D eigenvalue weighted by Crippen LogP contribution is 2.16. The Morgan fingerprint density at radius 1 is 1.67 bits per heavy atom. The summed E-state index contributed by atoms with van der Waals surface area (Å²) < 4.78 is 7.12. The monoisotopic (exact) mass is 212 g/mol. The van der Waals surface area contributed by atoms with Gasteiger partial charge in [0.2, 0.25) is 0 Å². The molecule has 0 spiro atoms. The van der Waals surface area contributed by atoms with Gasteiger partial charge in [-0.15, -0.1) is 0 Å². The number of aromatic nitrogens is 2. The maximum absolute atomic E-state index is 5.52.